The number of carbonyl (C=O) groups is 3. The Morgan fingerprint density at radius 3 is 2.43 bits per heavy atom. The second-order valence-corrected chi connectivity index (χ2v) is 14.0. The van der Waals surface area contributed by atoms with Gasteiger partial charge in [0.2, 0.25) is 5.91 Å². The van der Waals surface area contributed by atoms with E-state index in [1.165, 1.54) is 7.11 Å². The molecule has 0 bridgehead atoms. The molecule has 1 heterocycles. The Morgan fingerprint density at radius 2 is 1.78 bits per heavy atom. The SMILES string of the molecule is COc1cc(NC(=O)CCCc2cccc(C3(C(=O)OCC4CCN(C(=O)OC(C)(C)C)CC4)CCCCC3)c2)c(Cl)cc1CO. The Balaban J connectivity index is 1.32. The molecule has 0 spiro atoms. The third-order valence-corrected chi connectivity index (χ3v) is 9.29. The van der Waals surface area contributed by atoms with Crippen LogP contribution in [0.5, 0.6) is 5.75 Å². The van der Waals surface area contributed by atoms with Gasteiger partial charge in [0.15, 0.2) is 0 Å². The van der Waals surface area contributed by atoms with E-state index < -0.39 is 11.0 Å². The highest BCUT2D eigenvalue weighted by Crippen LogP contribution is 2.41. The monoisotopic (exact) mass is 656 g/mol. The summed E-state index contributed by atoms with van der Waals surface area (Å²) in [5.74, 6) is 0.348. The lowest BCUT2D eigenvalue weighted by Gasteiger charge is -2.37. The van der Waals surface area contributed by atoms with Crippen LogP contribution in [0.4, 0.5) is 10.5 Å². The molecule has 0 radical (unpaired) electrons. The van der Waals surface area contributed by atoms with Crippen LogP contribution < -0.4 is 10.1 Å². The van der Waals surface area contributed by atoms with Gasteiger partial charge in [0.1, 0.15) is 11.4 Å². The number of likely N-dealkylation sites (tertiary alicyclic amines) is 1. The van der Waals surface area contributed by atoms with Gasteiger partial charge in [0, 0.05) is 31.1 Å². The second kappa shape index (κ2) is 16.0. The molecule has 9 nitrogen and oxygen atoms in total. The van der Waals surface area contributed by atoms with Crippen LogP contribution in [-0.2, 0) is 37.5 Å². The molecular formula is C36H49ClN2O7. The number of aliphatic hydroxyl groups is 1. The Hall–Kier alpha value is -3.30. The van der Waals surface area contributed by atoms with Crippen LogP contribution in [0, 0.1) is 5.92 Å². The first kappa shape index (κ1) is 35.6. The van der Waals surface area contributed by atoms with Gasteiger partial charge in [0.05, 0.1) is 36.4 Å². The molecule has 2 N–H and O–H groups in total. The van der Waals surface area contributed by atoms with Crippen LogP contribution in [-0.4, -0.2) is 60.4 Å². The summed E-state index contributed by atoms with van der Waals surface area (Å²) in [5, 5.41) is 12.7. The third kappa shape index (κ3) is 9.38. The topological polar surface area (TPSA) is 114 Å². The Bertz CT molecular complexity index is 1360. The summed E-state index contributed by atoms with van der Waals surface area (Å²) in [6.45, 7) is 6.93. The molecule has 2 aliphatic rings. The van der Waals surface area contributed by atoms with Crippen molar-refractivity contribution in [1.29, 1.82) is 0 Å². The zero-order chi connectivity index (χ0) is 33.3. The highest BCUT2D eigenvalue weighted by Gasteiger charge is 2.43. The summed E-state index contributed by atoms with van der Waals surface area (Å²) >= 11 is 6.31. The first-order valence-electron chi connectivity index (χ1n) is 16.5. The van der Waals surface area contributed by atoms with Crippen LogP contribution >= 0.6 is 11.6 Å². The van der Waals surface area contributed by atoms with E-state index in [9.17, 15) is 19.5 Å². The number of ether oxygens (including phenoxy) is 3. The third-order valence-electron chi connectivity index (χ3n) is 8.98. The molecule has 46 heavy (non-hydrogen) atoms. The highest BCUT2D eigenvalue weighted by molar-refractivity contribution is 6.33. The molecular weight excluding hydrogens is 608 g/mol. The predicted octanol–water partition coefficient (Wildman–Crippen LogP) is 7.19. The van der Waals surface area contributed by atoms with E-state index in [0.29, 0.717) is 61.0 Å². The fourth-order valence-electron chi connectivity index (χ4n) is 6.40. The largest absolute Gasteiger partial charge is 0.496 e. The molecule has 0 atom stereocenters. The van der Waals surface area contributed by atoms with Crippen molar-refractivity contribution in [1.82, 2.24) is 4.90 Å². The summed E-state index contributed by atoms with van der Waals surface area (Å²) in [6, 6.07) is 11.4. The van der Waals surface area contributed by atoms with Gasteiger partial charge in [-0.1, -0.05) is 55.1 Å². The number of benzene rings is 2. The Labute approximate surface area is 277 Å². The number of halogens is 1. The maximum Gasteiger partial charge on any atom is 0.410 e. The number of hydrogen-bond donors (Lipinski definition) is 2. The maximum atomic E-state index is 13.8. The minimum atomic E-state index is -0.667. The van der Waals surface area contributed by atoms with Gasteiger partial charge in [-0.05, 0) is 82.4 Å². The zero-order valence-electron chi connectivity index (χ0n) is 27.7. The van der Waals surface area contributed by atoms with Crippen molar-refractivity contribution in [2.24, 2.45) is 5.92 Å². The van der Waals surface area contributed by atoms with E-state index in [1.54, 1.807) is 17.0 Å². The maximum absolute atomic E-state index is 13.8. The summed E-state index contributed by atoms with van der Waals surface area (Å²) in [7, 11) is 1.50. The van der Waals surface area contributed by atoms with Crippen molar-refractivity contribution in [3.63, 3.8) is 0 Å². The van der Waals surface area contributed by atoms with E-state index >= 15 is 0 Å². The number of hydrogen-bond acceptors (Lipinski definition) is 7. The van der Waals surface area contributed by atoms with Gasteiger partial charge in [-0.15, -0.1) is 0 Å². The van der Waals surface area contributed by atoms with E-state index in [-0.39, 0.29) is 30.5 Å². The highest BCUT2D eigenvalue weighted by atomic mass is 35.5. The number of nitrogens with zero attached hydrogens (tertiary/aromatic N) is 1. The standard InChI is InChI=1S/C36H49ClN2O7/c1-35(2,3)46-34(43)39-18-14-26(15-19-39)24-45-33(42)36(16-6-5-7-17-36)28-12-8-10-25(20-28)11-9-13-32(41)38-30-22-31(44-4)27(23-40)21-29(30)37/h8,10,12,20-22,26,40H,5-7,9,11,13-19,23-24H2,1-4H3,(H,38,41). The van der Waals surface area contributed by atoms with Crippen LogP contribution in [0.3, 0.4) is 0 Å². The fourth-order valence-corrected chi connectivity index (χ4v) is 6.63. The summed E-state index contributed by atoms with van der Waals surface area (Å²) in [5.41, 5.74) is 1.85. The molecule has 2 amide bonds. The molecule has 1 aliphatic carbocycles. The number of anilines is 1. The van der Waals surface area contributed by atoms with Gasteiger partial charge in [-0.25, -0.2) is 4.79 Å². The molecule has 0 aromatic heterocycles. The molecule has 1 saturated heterocycles. The van der Waals surface area contributed by atoms with Gasteiger partial charge in [-0.3, -0.25) is 9.59 Å². The summed E-state index contributed by atoms with van der Waals surface area (Å²) in [4.78, 5) is 40.7. The normalized spacial score (nSPS) is 16.9. The van der Waals surface area contributed by atoms with Crippen LogP contribution in [0.2, 0.25) is 5.02 Å². The number of nitrogens with one attached hydrogen (secondary N) is 1. The number of esters is 1. The average Bonchev–Trinajstić information content (AvgIpc) is 3.04. The van der Waals surface area contributed by atoms with Crippen LogP contribution in [0.1, 0.15) is 95.2 Å². The number of methoxy groups -OCH3 is 1. The molecule has 2 fully saturated rings. The fraction of sp³-hybridized carbons (Fsp3) is 0.583. The number of rotatable bonds is 11. The average molecular weight is 657 g/mol. The van der Waals surface area contributed by atoms with E-state index in [4.69, 9.17) is 25.8 Å². The van der Waals surface area contributed by atoms with Crippen molar-refractivity contribution < 1.29 is 33.7 Å². The summed E-state index contributed by atoms with van der Waals surface area (Å²) in [6.07, 6.45) is 7.43. The minimum absolute atomic E-state index is 0.155. The second-order valence-electron chi connectivity index (χ2n) is 13.6. The van der Waals surface area contributed by atoms with Gasteiger partial charge in [0.25, 0.3) is 0 Å². The zero-order valence-corrected chi connectivity index (χ0v) is 28.4. The van der Waals surface area contributed by atoms with Crippen molar-refractivity contribution in [3.05, 3.63) is 58.1 Å². The van der Waals surface area contributed by atoms with Crippen molar-refractivity contribution in [2.75, 3.05) is 32.1 Å². The van der Waals surface area contributed by atoms with Gasteiger partial charge in [-0.2, -0.15) is 0 Å². The molecule has 252 valence electrons. The predicted molar refractivity (Wildman–Crippen MR) is 178 cm³/mol. The van der Waals surface area contributed by atoms with Crippen molar-refractivity contribution >= 4 is 35.3 Å². The Morgan fingerprint density at radius 1 is 1.07 bits per heavy atom. The smallest absolute Gasteiger partial charge is 0.410 e. The van der Waals surface area contributed by atoms with Crippen LogP contribution in [0.25, 0.3) is 0 Å². The lowest BCUT2D eigenvalue weighted by atomic mass is 9.69. The van der Waals surface area contributed by atoms with Gasteiger partial charge < -0.3 is 29.5 Å². The lowest BCUT2D eigenvalue weighted by Crippen LogP contribution is -2.43. The number of aliphatic hydroxyl groups excluding tert-OH is 1. The quantitative estimate of drug-likeness (QED) is 0.246. The lowest BCUT2D eigenvalue weighted by molar-refractivity contribution is -0.154. The molecule has 0 unspecified atom stereocenters. The molecule has 1 saturated carbocycles. The minimum Gasteiger partial charge on any atom is -0.496 e. The van der Waals surface area contributed by atoms with Gasteiger partial charge >= 0.3 is 12.1 Å². The number of piperidine rings is 1. The molecule has 2 aromatic rings. The van der Waals surface area contributed by atoms with E-state index in [1.807, 2.05) is 39.0 Å². The number of aryl methyl sites for hydroxylation is 1. The first-order valence-corrected chi connectivity index (χ1v) is 16.8. The van der Waals surface area contributed by atoms with E-state index in [2.05, 4.69) is 11.4 Å². The van der Waals surface area contributed by atoms with Crippen molar-refractivity contribution in [2.45, 2.75) is 103 Å². The number of amides is 2. The Kier molecular flexibility index (Phi) is 12.4. The number of carbonyl (C=O) groups excluding carboxylic acids is 3. The molecule has 2 aromatic carbocycles. The van der Waals surface area contributed by atoms with E-state index in [0.717, 1.165) is 56.1 Å². The first-order chi connectivity index (χ1) is 21.9. The summed E-state index contributed by atoms with van der Waals surface area (Å²) < 4.78 is 16.8. The van der Waals surface area contributed by atoms with Crippen molar-refractivity contribution in [3.8, 4) is 5.75 Å². The molecule has 1 aliphatic heterocycles. The molecule has 10 heteroatoms. The molecule has 4 rings (SSSR count). The van der Waals surface area contributed by atoms with Crippen LogP contribution in [0.15, 0.2) is 36.4 Å².